The van der Waals surface area contributed by atoms with Crippen molar-refractivity contribution in [2.24, 2.45) is 10.2 Å². The van der Waals surface area contributed by atoms with Gasteiger partial charge in [0, 0.05) is 29.4 Å². The normalized spacial score (nSPS) is 11.2. The number of aromatic hydroxyl groups is 1. The molecule has 0 saturated heterocycles. The number of amides is 2. The van der Waals surface area contributed by atoms with Gasteiger partial charge in [-0.1, -0.05) is 30.3 Å². The number of benzene rings is 2. The molecule has 1 aromatic heterocycles. The first kappa shape index (κ1) is 20.7. The summed E-state index contributed by atoms with van der Waals surface area (Å²) in [5.41, 5.74) is 1.67. The summed E-state index contributed by atoms with van der Waals surface area (Å²) in [6.07, 6.45) is 0.587. The molecule has 150 valence electrons. The van der Waals surface area contributed by atoms with Gasteiger partial charge in [-0.2, -0.15) is 0 Å². The Morgan fingerprint density at radius 2 is 1.86 bits per heavy atom. The summed E-state index contributed by atoms with van der Waals surface area (Å²) in [6, 6.07) is 14.6. The molecule has 8 heteroatoms. The maximum absolute atomic E-state index is 12.1. The number of hydrogen-bond donors (Lipinski definition) is 2. The van der Waals surface area contributed by atoms with Crippen molar-refractivity contribution in [3.05, 3.63) is 58.6 Å². The van der Waals surface area contributed by atoms with Gasteiger partial charge in [-0.25, -0.2) is 0 Å². The largest absolute Gasteiger partial charge is 0.493 e. The zero-order valence-electron chi connectivity index (χ0n) is 15.9. The number of para-hydroxylation sites is 1. The molecule has 7 nitrogen and oxygen atoms in total. The van der Waals surface area contributed by atoms with Crippen LogP contribution < -0.4 is 5.32 Å². The number of rotatable bonds is 7. The molecule has 0 aliphatic rings. The van der Waals surface area contributed by atoms with Crippen LogP contribution in [0.25, 0.3) is 10.9 Å². The van der Waals surface area contributed by atoms with Crippen LogP contribution in [-0.4, -0.2) is 28.0 Å². The second kappa shape index (κ2) is 9.47. The van der Waals surface area contributed by atoms with Crippen molar-refractivity contribution in [2.45, 2.75) is 26.3 Å². The minimum atomic E-state index is -0.409. The van der Waals surface area contributed by atoms with Crippen molar-refractivity contribution in [3.63, 3.8) is 0 Å². The number of halogens is 1. The molecule has 2 N–H and O–H groups in total. The van der Waals surface area contributed by atoms with Crippen LogP contribution in [0.15, 0.2) is 63.2 Å². The Labute approximate surface area is 176 Å². The summed E-state index contributed by atoms with van der Waals surface area (Å²) in [4.78, 5) is 24.2. The highest BCUT2D eigenvalue weighted by atomic mass is 79.9. The summed E-state index contributed by atoms with van der Waals surface area (Å²) < 4.78 is 2.43. The predicted octanol–water partition coefficient (Wildman–Crippen LogP) is 4.95. The van der Waals surface area contributed by atoms with E-state index in [4.69, 9.17) is 0 Å². The summed E-state index contributed by atoms with van der Waals surface area (Å²) in [5, 5.41) is 21.6. The molecule has 29 heavy (non-hydrogen) atoms. The molecule has 0 saturated carbocycles. The second-order valence-electron chi connectivity index (χ2n) is 6.37. The van der Waals surface area contributed by atoms with Gasteiger partial charge in [0.05, 0.1) is 11.1 Å². The molecule has 0 spiro atoms. The fourth-order valence-electron chi connectivity index (χ4n) is 3.03. The topological polar surface area (TPSA) is 96.0 Å². The van der Waals surface area contributed by atoms with Crippen LogP contribution in [-0.2, 0) is 11.3 Å². The van der Waals surface area contributed by atoms with Gasteiger partial charge in [0.15, 0.2) is 5.69 Å². The van der Waals surface area contributed by atoms with Crippen LogP contribution in [0.5, 0.6) is 5.88 Å². The molecule has 0 atom stereocenters. The van der Waals surface area contributed by atoms with E-state index in [1.165, 1.54) is 0 Å². The van der Waals surface area contributed by atoms with E-state index >= 15 is 0 Å². The molecule has 0 bridgehead atoms. The zero-order chi connectivity index (χ0) is 20.8. The summed E-state index contributed by atoms with van der Waals surface area (Å²) in [7, 11) is 0. The van der Waals surface area contributed by atoms with Crippen LogP contribution >= 0.6 is 15.9 Å². The maximum Gasteiger partial charge on any atom is 0.264 e. The van der Waals surface area contributed by atoms with Crippen LogP contribution in [0.3, 0.4) is 0 Å². The Balaban J connectivity index is 1.56. The highest BCUT2D eigenvalue weighted by molar-refractivity contribution is 9.10. The number of aromatic nitrogens is 1. The summed E-state index contributed by atoms with van der Waals surface area (Å²) in [6.45, 7) is 2.84. The lowest BCUT2D eigenvalue weighted by atomic mass is 10.2. The van der Waals surface area contributed by atoms with E-state index in [0.29, 0.717) is 29.5 Å². The Bertz CT molecular complexity index is 1070. The van der Waals surface area contributed by atoms with Crippen LogP contribution in [0.2, 0.25) is 0 Å². The van der Waals surface area contributed by atoms with E-state index in [-0.39, 0.29) is 23.9 Å². The monoisotopic (exact) mass is 456 g/mol. The van der Waals surface area contributed by atoms with E-state index in [2.05, 4.69) is 31.5 Å². The lowest BCUT2D eigenvalue weighted by Gasteiger charge is -2.05. The predicted molar refractivity (Wildman–Crippen MR) is 115 cm³/mol. The lowest BCUT2D eigenvalue weighted by molar-refractivity contribution is -0.118. The minimum Gasteiger partial charge on any atom is -0.493 e. The van der Waals surface area contributed by atoms with Crippen LogP contribution in [0.4, 0.5) is 5.69 Å². The van der Waals surface area contributed by atoms with E-state index in [9.17, 15) is 14.7 Å². The Morgan fingerprint density at radius 1 is 1.14 bits per heavy atom. The third-order valence-electron chi connectivity index (χ3n) is 4.47. The number of aryl methyl sites for hydroxylation is 1. The van der Waals surface area contributed by atoms with Crippen molar-refractivity contribution in [2.75, 3.05) is 6.54 Å². The lowest BCUT2D eigenvalue weighted by Crippen LogP contribution is -2.25. The molecule has 3 rings (SSSR count). The second-order valence-corrected chi connectivity index (χ2v) is 7.22. The number of carbonyl (C=O) groups is 2. The average Bonchev–Trinajstić information content (AvgIpc) is 3.00. The van der Waals surface area contributed by atoms with Gasteiger partial charge < -0.3 is 15.0 Å². The van der Waals surface area contributed by atoms with Crippen molar-refractivity contribution in [3.8, 4) is 5.88 Å². The minimum absolute atomic E-state index is 0.00838. The van der Waals surface area contributed by atoms with Crippen molar-refractivity contribution in [1.82, 2.24) is 9.88 Å². The SMILES string of the molecule is CCn1c(O)c(N=NC(=O)CCCNC(=O)c2ccccc2Br)c2ccccc21. The van der Waals surface area contributed by atoms with E-state index in [1.807, 2.05) is 37.3 Å². The molecule has 0 radical (unpaired) electrons. The molecule has 0 fully saturated rings. The quantitative estimate of drug-likeness (QED) is 0.388. The molecule has 0 unspecified atom stereocenters. The first-order valence-electron chi connectivity index (χ1n) is 9.30. The highest BCUT2D eigenvalue weighted by Crippen LogP contribution is 2.38. The molecule has 0 aliphatic carbocycles. The van der Waals surface area contributed by atoms with Crippen LogP contribution in [0, 0.1) is 0 Å². The highest BCUT2D eigenvalue weighted by Gasteiger charge is 2.15. The van der Waals surface area contributed by atoms with Gasteiger partial charge in [-0.15, -0.1) is 10.2 Å². The first-order valence-corrected chi connectivity index (χ1v) is 10.1. The molecular weight excluding hydrogens is 436 g/mol. The fourth-order valence-corrected chi connectivity index (χ4v) is 3.49. The number of nitrogens with zero attached hydrogens (tertiary/aromatic N) is 3. The van der Waals surface area contributed by atoms with E-state index < -0.39 is 5.91 Å². The Hall–Kier alpha value is -3.00. The van der Waals surface area contributed by atoms with E-state index in [0.717, 1.165) is 10.9 Å². The molecule has 1 heterocycles. The van der Waals surface area contributed by atoms with Gasteiger partial charge in [0.1, 0.15) is 0 Å². The summed E-state index contributed by atoms with van der Waals surface area (Å²) in [5.74, 6) is -0.623. The smallest absolute Gasteiger partial charge is 0.264 e. The molecule has 2 amide bonds. The average molecular weight is 457 g/mol. The number of hydrogen-bond acceptors (Lipinski definition) is 4. The molecule has 2 aromatic carbocycles. The Morgan fingerprint density at radius 3 is 2.62 bits per heavy atom. The number of azo groups is 1. The third-order valence-corrected chi connectivity index (χ3v) is 5.16. The van der Waals surface area contributed by atoms with Crippen LogP contribution in [0.1, 0.15) is 30.1 Å². The van der Waals surface area contributed by atoms with Crippen molar-refractivity contribution >= 4 is 44.3 Å². The first-order chi connectivity index (χ1) is 14.0. The zero-order valence-corrected chi connectivity index (χ0v) is 17.5. The number of fused-ring (bicyclic) bond motifs is 1. The molecule has 0 aliphatic heterocycles. The number of carbonyl (C=O) groups excluding carboxylic acids is 2. The summed E-state index contributed by atoms with van der Waals surface area (Å²) >= 11 is 3.34. The van der Waals surface area contributed by atoms with Gasteiger partial charge in [-0.3, -0.25) is 9.59 Å². The van der Waals surface area contributed by atoms with Crippen molar-refractivity contribution < 1.29 is 14.7 Å². The Kier molecular flexibility index (Phi) is 6.77. The van der Waals surface area contributed by atoms with Crippen molar-refractivity contribution in [1.29, 1.82) is 0 Å². The van der Waals surface area contributed by atoms with Gasteiger partial charge in [0.2, 0.25) is 5.88 Å². The molecular formula is C21H21BrN4O3. The van der Waals surface area contributed by atoms with Gasteiger partial charge in [0.25, 0.3) is 11.8 Å². The molecule has 3 aromatic rings. The van der Waals surface area contributed by atoms with Gasteiger partial charge >= 0.3 is 0 Å². The van der Waals surface area contributed by atoms with E-state index in [1.54, 1.807) is 22.8 Å². The number of nitrogens with one attached hydrogen (secondary N) is 1. The standard InChI is InChI=1S/C21H21BrN4O3/c1-2-26-17-11-6-4-9-15(17)19(21(26)29)25-24-18(27)12-7-13-23-20(28)14-8-3-5-10-16(14)22/h3-6,8-11,29H,2,7,12-13H2,1H3,(H,23,28). The fraction of sp³-hybridized carbons (Fsp3) is 0.238. The third kappa shape index (κ3) is 4.71. The van der Waals surface area contributed by atoms with Gasteiger partial charge in [-0.05, 0) is 47.5 Å². The maximum atomic E-state index is 12.1.